The van der Waals surface area contributed by atoms with Crippen molar-refractivity contribution in [2.45, 2.75) is 32.6 Å². The Morgan fingerprint density at radius 3 is 2.84 bits per heavy atom. The van der Waals surface area contributed by atoms with Crippen molar-refractivity contribution in [3.63, 3.8) is 0 Å². The predicted octanol–water partition coefficient (Wildman–Crippen LogP) is 2.62. The smallest absolute Gasteiger partial charge is 0.251 e. The molecule has 1 aromatic rings. The highest BCUT2D eigenvalue weighted by molar-refractivity contribution is 5.96. The number of carbonyl (C=O) groups is 1. The molecule has 0 unspecified atom stereocenters. The van der Waals surface area contributed by atoms with Crippen LogP contribution in [-0.4, -0.2) is 19.0 Å². The Labute approximate surface area is 114 Å². The van der Waals surface area contributed by atoms with Crippen LogP contribution in [0.2, 0.25) is 0 Å². The zero-order chi connectivity index (χ0) is 13.7. The van der Waals surface area contributed by atoms with Crippen LogP contribution in [0.15, 0.2) is 18.2 Å². The van der Waals surface area contributed by atoms with Gasteiger partial charge in [-0.05, 0) is 37.5 Å². The minimum absolute atomic E-state index is 0.0513. The van der Waals surface area contributed by atoms with E-state index in [1.165, 1.54) is 25.7 Å². The molecular formula is C15H23N3O. The molecule has 2 rings (SSSR count). The quantitative estimate of drug-likeness (QED) is 0.690. The van der Waals surface area contributed by atoms with Crippen LogP contribution in [0.3, 0.4) is 0 Å². The number of nitrogen functional groups attached to an aromatic ring is 1. The summed E-state index contributed by atoms with van der Waals surface area (Å²) in [5.41, 5.74) is 8.15. The summed E-state index contributed by atoms with van der Waals surface area (Å²) >= 11 is 0. The zero-order valence-electron chi connectivity index (χ0n) is 11.5. The van der Waals surface area contributed by atoms with Gasteiger partial charge in [0.2, 0.25) is 0 Å². The first-order valence-electron chi connectivity index (χ1n) is 7.12. The Morgan fingerprint density at radius 2 is 2.21 bits per heavy atom. The molecule has 1 aromatic carbocycles. The summed E-state index contributed by atoms with van der Waals surface area (Å²) in [5.74, 6) is 0.824. The molecule has 4 nitrogen and oxygen atoms in total. The standard InChI is InChI=1S/C15H23N3O/c1-2-17-15(19)12-6-7-13(16)14(10-12)18-9-8-11-4-3-5-11/h6-7,10-11,18H,2-5,8-9,16H2,1H3,(H,17,19). The van der Waals surface area contributed by atoms with Crippen molar-refractivity contribution in [3.8, 4) is 0 Å². The van der Waals surface area contributed by atoms with Crippen molar-refractivity contribution in [3.05, 3.63) is 23.8 Å². The maximum atomic E-state index is 11.8. The molecule has 0 saturated heterocycles. The molecule has 1 amide bonds. The number of rotatable bonds is 6. The van der Waals surface area contributed by atoms with Crippen LogP contribution in [-0.2, 0) is 0 Å². The summed E-state index contributed by atoms with van der Waals surface area (Å²) in [5, 5.41) is 6.14. The SMILES string of the molecule is CCNC(=O)c1ccc(N)c(NCCC2CCC2)c1. The minimum Gasteiger partial charge on any atom is -0.397 e. The number of nitrogens with two attached hydrogens (primary N) is 1. The first kappa shape index (κ1) is 13.7. The molecule has 1 aliphatic carbocycles. The van der Waals surface area contributed by atoms with Gasteiger partial charge in [0.1, 0.15) is 0 Å². The normalized spacial score (nSPS) is 14.8. The Hall–Kier alpha value is -1.71. The van der Waals surface area contributed by atoms with E-state index in [-0.39, 0.29) is 5.91 Å². The molecule has 1 fully saturated rings. The maximum absolute atomic E-state index is 11.8. The van der Waals surface area contributed by atoms with Gasteiger partial charge in [-0.2, -0.15) is 0 Å². The predicted molar refractivity (Wildman–Crippen MR) is 79.3 cm³/mol. The minimum atomic E-state index is -0.0513. The van der Waals surface area contributed by atoms with Gasteiger partial charge in [0.05, 0.1) is 11.4 Å². The fourth-order valence-corrected chi connectivity index (χ4v) is 2.31. The Morgan fingerprint density at radius 1 is 1.42 bits per heavy atom. The lowest BCUT2D eigenvalue weighted by atomic mass is 9.83. The van der Waals surface area contributed by atoms with E-state index in [1.807, 2.05) is 13.0 Å². The molecule has 0 aliphatic heterocycles. The van der Waals surface area contributed by atoms with Crippen molar-refractivity contribution in [2.24, 2.45) is 5.92 Å². The van der Waals surface area contributed by atoms with Crippen LogP contribution in [0.5, 0.6) is 0 Å². The molecule has 0 aromatic heterocycles. The summed E-state index contributed by atoms with van der Waals surface area (Å²) in [4.78, 5) is 11.8. The Kier molecular flexibility index (Phi) is 4.66. The van der Waals surface area contributed by atoms with E-state index in [9.17, 15) is 4.79 Å². The molecule has 104 valence electrons. The summed E-state index contributed by atoms with van der Waals surface area (Å²) in [6.07, 6.45) is 5.27. The highest BCUT2D eigenvalue weighted by Crippen LogP contribution is 2.29. The maximum Gasteiger partial charge on any atom is 0.251 e. The number of nitrogens with one attached hydrogen (secondary N) is 2. The lowest BCUT2D eigenvalue weighted by Gasteiger charge is -2.25. The molecule has 19 heavy (non-hydrogen) atoms. The van der Waals surface area contributed by atoms with Gasteiger partial charge >= 0.3 is 0 Å². The second-order valence-corrected chi connectivity index (χ2v) is 5.17. The van der Waals surface area contributed by atoms with Gasteiger partial charge in [-0.3, -0.25) is 4.79 Å². The van der Waals surface area contributed by atoms with Crippen molar-refractivity contribution in [1.29, 1.82) is 0 Å². The number of hydrogen-bond donors (Lipinski definition) is 3. The van der Waals surface area contributed by atoms with E-state index in [1.54, 1.807) is 12.1 Å². The van der Waals surface area contributed by atoms with Crippen LogP contribution in [0, 0.1) is 5.92 Å². The van der Waals surface area contributed by atoms with Gasteiger partial charge in [-0.25, -0.2) is 0 Å². The van der Waals surface area contributed by atoms with Crippen molar-refractivity contribution in [1.82, 2.24) is 5.32 Å². The molecule has 1 aliphatic rings. The average Bonchev–Trinajstić information content (AvgIpc) is 2.34. The second kappa shape index (κ2) is 6.45. The first-order valence-corrected chi connectivity index (χ1v) is 7.12. The van der Waals surface area contributed by atoms with Crippen LogP contribution in [0.4, 0.5) is 11.4 Å². The average molecular weight is 261 g/mol. The number of anilines is 2. The van der Waals surface area contributed by atoms with E-state index in [0.717, 1.165) is 18.2 Å². The molecule has 0 bridgehead atoms. The van der Waals surface area contributed by atoms with Crippen LogP contribution in [0.25, 0.3) is 0 Å². The van der Waals surface area contributed by atoms with Crippen LogP contribution in [0.1, 0.15) is 43.0 Å². The lowest BCUT2D eigenvalue weighted by molar-refractivity contribution is 0.0956. The lowest BCUT2D eigenvalue weighted by Crippen LogP contribution is -2.23. The third-order valence-corrected chi connectivity index (χ3v) is 3.75. The van der Waals surface area contributed by atoms with Crippen molar-refractivity contribution >= 4 is 17.3 Å². The topological polar surface area (TPSA) is 67.2 Å². The second-order valence-electron chi connectivity index (χ2n) is 5.17. The van der Waals surface area contributed by atoms with Gasteiger partial charge in [0.25, 0.3) is 5.91 Å². The largest absolute Gasteiger partial charge is 0.397 e. The highest BCUT2D eigenvalue weighted by atomic mass is 16.1. The van der Waals surface area contributed by atoms with Gasteiger partial charge < -0.3 is 16.4 Å². The van der Waals surface area contributed by atoms with E-state index < -0.39 is 0 Å². The van der Waals surface area contributed by atoms with E-state index in [0.29, 0.717) is 17.8 Å². The van der Waals surface area contributed by atoms with Gasteiger partial charge in [0.15, 0.2) is 0 Å². The molecule has 1 saturated carbocycles. The van der Waals surface area contributed by atoms with Gasteiger partial charge in [-0.1, -0.05) is 19.3 Å². The molecular weight excluding hydrogens is 238 g/mol. The molecule has 0 heterocycles. The van der Waals surface area contributed by atoms with Crippen LogP contribution >= 0.6 is 0 Å². The van der Waals surface area contributed by atoms with Crippen molar-refractivity contribution in [2.75, 3.05) is 24.1 Å². The van der Waals surface area contributed by atoms with Gasteiger partial charge in [0, 0.05) is 18.7 Å². The summed E-state index contributed by atoms with van der Waals surface area (Å²) in [6, 6.07) is 5.38. The number of benzene rings is 1. The third-order valence-electron chi connectivity index (χ3n) is 3.75. The number of amides is 1. The third kappa shape index (κ3) is 3.63. The molecule has 4 heteroatoms. The number of hydrogen-bond acceptors (Lipinski definition) is 3. The summed E-state index contributed by atoms with van der Waals surface area (Å²) < 4.78 is 0. The molecule has 0 spiro atoms. The van der Waals surface area contributed by atoms with E-state index in [4.69, 9.17) is 5.73 Å². The van der Waals surface area contributed by atoms with E-state index in [2.05, 4.69) is 10.6 Å². The molecule has 0 radical (unpaired) electrons. The highest BCUT2D eigenvalue weighted by Gasteiger charge is 2.16. The summed E-state index contributed by atoms with van der Waals surface area (Å²) in [7, 11) is 0. The van der Waals surface area contributed by atoms with Gasteiger partial charge in [-0.15, -0.1) is 0 Å². The van der Waals surface area contributed by atoms with Crippen molar-refractivity contribution < 1.29 is 4.79 Å². The Balaban J connectivity index is 1.93. The monoisotopic (exact) mass is 261 g/mol. The van der Waals surface area contributed by atoms with E-state index >= 15 is 0 Å². The Bertz CT molecular complexity index is 441. The molecule has 4 N–H and O–H groups in total. The molecule has 0 atom stereocenters. The number of carbonyl (C=O) groups excluding carboxylic acids is 1. The summed E-state index contributed by atoms with van der Waals surface area (Å²) in [6.45, 7) is 3.47. The fourth-order valence-electron chi connectivity index (χ4n) is 2.31. The van der Waals surface area contributed by atoms with Crippen LogP contribution < -0.4 is 16.4 Å². The zero-order valence-corrected chi connectivity index (χ0v) is 11.5. The first-order chi connectivity index (χ1) is 9.20. The fraction of sp³-hybridized carbons (Fsp3) is 0.533.